The smallest absolute Gasteiger partial charge is 0.416 e. The van der Waals surface area contributed by atoms with Crippen molar-refractivity contribution in [2.24, 2.45) is 0 Å². The van der Waals surface area contributed by atoms with E-state index in [2.05, 4.69) is 5.32 Å². The molecule has 0 saturated heterocycles. The Balaban J connectivity index is 2.32. The van der Waals surface area contributed by atoms with Crippen LogP contribution in [0, 0.1) is 0 Å². The van der Waals surface area contributed by atoms with E-state index in [0.29, 0.717) is 12.1 Å². The maximum Gasteiger partial charge on any atom is 0.416 e. The fourth-order valence-electron chi connectivity index (χ4n) is 2.43. The van der Waals surface area contributed by atoms with Gasteiger partial charge in [0.1, 0.15) is 0 Å². The van der Waals surface area contributed by atoms with E-state index in [4.69, 9.17) is 4.74 Å². The minimum absolute atomic E-state index is 0.294. The molecule has 0 fully saturated rings. The number of amides is 1. The number of nitrogens with one attached hydrogen (secondary N) is 1. The van der Waals surface area contributed by atoms with E-state index < -0.39 is 24.1 Å². The molecule has 1 aliphatic rings. The second-order valence-corrected chi connectivity index (χ2v) is 6.02. The number of allylic oxidation sites excluding steroid dienone is 1. The fraction of sp³-hybridized carbons (Fsp3) is 0.471. The zero-order chi connectivity index (χ0) is 18.8. The first kappa shape index (κ1) is 19.0. The first-order chi connectivity index (χ1) is 11.6. The maximum atomic E-state index is 13.0. The molecule has 0 aliphatic carbocycles. The SMILES string of the molecule is CCC1=CN(c2cccc(C(F)(F)F)c2)C(N(C)C(=O)OC(C)C)N1. The quantitative estimate of drug-likeness (QED) is 0.880. The number of hydrogen-bond acceptors (Lipinski definition) is 4. The summed E-state index contributed by atoms with van der Waals surface area (Å²) < 4.78 is 44.1. The number of alkyl halides is 3. The largest absolute Gasteiger partial charge is 0.447 e. The lowest BCUT2D eigenvalue weighted by Gasteiger charge is -2.33. The minimum atomic E-state index is -4.43. The van der Waals surface area contributed by atoms with Crippen LogP contribution in [-0.4, -0.2) is 30.4 Å². The van der Waals surface area contributed by atoms with Gasteiger partial charge in [-0.3, -0.25) is 4.90 Å². The second kappa shape index (κ2) is 7.25. The lowest BCUT2D eigenvalue weighted by Crippen LogP contribution is -2.52. The number of nitrogens with zero attached hydrogens (tertiary/aromatic N) is 2. The molecule has 0 saturated carbocycles. The van der Waals surface area contributed by atoms with E-state index in [1.54, 1.807) is 31.0 Å². The summed E-state index contributed by atoms with van der Waals surface area (Å²) in [6.07, 6.45) is -3.59. The average molecular weight is 357 g/mol. The van der Waals surface area contributed by atoms with Crippen molar-refractivity contribution in [1.29, 1.82) is 0 Å². The molecule has 0 bridgehead atoms. The van der Waals surface area contributed by atoms with Crippen LogP contribution < -0.4 is 10.2 Å². The summed E-state index contributed by atoms with van der Waals surface area (Å²) in [5.41, 5.74) is 0.404. The predicted molar refractivity (Wildman–Crippen MR) is 88.6 cm³/mol. The average Bonchev–Trinajstić information content (AvgIpc) is 2.97. The molecule has 138 valence electrons. The van der Waals surface area contributed by atoms with Gasteiger partial charge in [-0.2, -0.15) is 13.2 Å². The predicted octanol–water partition coefficient (Wildman–Crippen LogP) is 4.13. The summed E-state index contributed by atoms with van der Waals surface area (Å²) in [5.74, 6) is 0. The minimum Gasteiger partial charge on any atom is -0.447 e. The van der Waals surface area contributed by atoms with Gasteiger partial charge in [0.05, 0.1) is 11.7 Å². The first-order valence-electron chi connectivity index (χ1n) is 7.99. The molecule has 1 atom stereocenters. The van der Waals surface area contributed by atoms with Gasteiger partial charge >= 0.3 is 12.3 Å². The summed E-state index contributed by atoms with van der Waals surface area (Å²) >= 11 is 0. The molecule has 1 unspecified atom stereocenters. The van der Waals surface area contributed by atoms with Crippen LogP contribution in [0.25, 0.3) is 0 Å². The third kappa shape index (κ3) is 4.37. The summed E-state index contributed by atoms with van der Waals surface area (Å²) in [6.45, 7) is 5.38. The topological polar surface area (TPSA) is 44.8 Å². The highest BCUT2D eigenvalue weighted by Gasteiger charge is 2.34. The van der Waals surface area contributed by atoms with Crippen molar-refractivity contribution in [3.63, 3.8) is 0 Å². The normalized spacial score (nSPS) is 17.4. The van der Waals surface area contributed by atoms with Gasteiger partial charge in [0.15, 0.2) is 6.29 Å². The molecule has 5 nitrogen and oxygen atoms in total. The number of anilines is 1. The summed E-state index contributed by atoms with van der Waals surface area (Å²) in [6, 6.07) is 4.99. The van der Waals surface area contributed by atoms with E-state index in [-0.39, 0.29) is 6.10 Å². The number of hydrogen-bond donors (Lipinski definition) is 1. The van der Waals surface area contributed by atoms with E-state index in [1.807, 2.05) is 6.92 Å². The van der Waals surface area contributed by atoms with Gasteiger partial charge in [-0.1, -0.05) is 13.0 Å². The summed E-state index contributed by atoms with van der Waals surface area (Å²) in [4.78, 5) is 15.1. The lowest BCUT2D eigenvalue weighted by atomic mass is 10.2. The molecule has 1 N–H and O–H groups in total. The van der Waals surface area contributed by atoms with Crippen LogP contribution in [0.5, 0.6) is 0 Å². The molecular formula is C17H22F3N3O2. The molecule has 0 radical (unpaired) electrons. The molecule has 8 heteroatoms. The van der Waals surface area contributed by atoms with E-state index in [1.165, 1.54) is 18.0 Å². The Labute approximate surface area is 145 Å². The van der Waals surface area contributed by atoms with E-state index >= 15 is 0 Å². The van der Waals surface area contributed by atoms with Crippen molar-refractivity contribution in [2.45, 2.75) is 45.8 Å². The first-order valence-corrected chi connectivity index (χ1v) is 7.99. The summed E-state index contributed by atoms with van der Waals surface area (Å²) in [7, 11) is 1.54. The van der Waals surface area contributed by atoms with Gasteiger partial charge in [-0.15, -0.1) is 0 Å². The van der Waals surface area contributed by atoms with Crippen LogP contribution in [0.4, 0.5) is 23.7 Å². The zero-order valence-electron chi connectivity index (χ0n) is 14.6. The molecule has 2 rings (SSSR count). The Morgan fingerprint density at radius 1 is 1.40 bits per heavy atom. The van der Waals surface area contributed by atoms with Crippen molar-refractivity contribution in [2.75, 3.05) is 11.9 Å². The Hall–Kier alpha value is -2.38. The van der Waals surface area contributed by atoms with Crippen molar-refractivity contribution < 1.29 is 22.7 Å². The van der Waals surface area contributed by atoms with E-state index in [0.717, 1.165) is 17.8 Å². The zero-order valence-corrected chi connectivity index (χ0v) is 14.6. The molecule has 1 aliphatic heterocycles. The standard InChI is InChI=1S/C17H22F3N3O2/c1-5-13-10-23(14-8-6-7-12(9-14)17(18,19)20)15(21-13)22(4)16(24)25-11(2)3/h6-11,15,21H,5H2,1-4H3. The highest BCUT2D eigenvalue weighted by Crippen LogP contribution is 2.33. The van der Waals surface area contributed by atoms with Gasteiger partial charge in [-0.05, 0) is 38.5 Å². The molecule has 0 aromatic heterocycles. The van der Waals surface area contributed by atoms with Crippen LogP contribution in [0.1, 0.15) is 32.8 Å². The van der Waals surface area contributed by atoms with Crippen LogP contribution in [0.15, 0.2) is 36.2 Å². The van der Waals surface area contributed by atoms with Gasteiger partial charge in [0.25, 0.3) is 0 Å². The third-order valence-electron chi connectivity index (χ3n) is 3.72. The van der Waals surface area contributed by atoms with Gasteiger partial charge in [0.2, 0.25) is 0 Å². The molecule has 1 amide bonds. The molecule has 1 aromatic rings. The Bertz CT molecular complexity index is 659. The Morgan fingerprint density at radius 2 is 2.08 bits per heavy atom. The highest BCUT2D eigenvalue weighted by atomic mass is 19.4. The lowest BCUT2D eigenvalue weighted by molar-refractivity contribution is -0.137. The molecule has 0 spiro atoms. The fourth-order valence-corrected chi connectivity index (χ4v) is 2.43. The maximum absolute atomic E-state index is 13.0. The molecular weight excluding hydrogens is 335 g/mol. The van der Waals surface area contributed by atoms with Crippen LogP contribution in [-0.2, 0) is 10.9 Å². The molecule has 25 heavy (non-hydrogen) atoms. The van der Waals surface area contributed by atoms with Crippen LogP contribution in [0.3, 0.4) is 0 Å². The number of halogens is 3. The van der Waals surface area contributed by atoms with Crippen molar-refractivity contribution in [3.8, 4) is 0 Å². The number of carbonyl (C=O) groups is 1. The monoisotopic (exact) mass is 357 g/mol. The number of rotatable bonds is 4. The van der Waals surface area contributed by atoms with Crippen LogP contribution >= 0.6 is 0 Å². The Morgan fingerprint density at radius 3 is 2.64 bits per heavy atom. The van der Waals surface area contributed by atoms with Crippen molar-refractivity contribution in [1.82, 2.24) is 10.2 Å². The van der Waals surface area contributed by atoms with Gasteiger partial charge < -0.3 is 15.0 Å². The second-order valence-electron chi connectivity index (χ2n) is 6.02. The number of benzene rings is 1. The third-order valence-corrected chi connectivity index (χ3v) is 3.72. The number of carbonyl (C=O) groups excluding carboxylic acids is 1. The van der Waals surface area contributed by atoms with Gasteiger partial charge in [-0.25, -0.2) is 4.79 Å². The number of ether oxygens (including phenoxy) is 1. The van der Waals surface area contributed by atoms with Crippen molar-refractivity contribution >= 4 is 11.8 Å². The van der Waals surface area contributed by atoms with Crippen LogP contribution in [0.2, 0.25) is 0 Å². The highest BCUT2D eigenvalue weighted by molar-refractivity contribution is 5.69. The summed E-state index contributed by atoms with van der Waals surface area (Å²) in [5, 5.41) is 3.13. The van der Waals surface area contributed by atoms with E-state index in [9.17, 15) is 18.0 Å². The molecule has 1 aromatic carbocycles. The Kier molecular flexibility index (Phi) is 5.49. The van der Waals surface area contributed by atoms with Gasteiger partial charge in [0, 0.05) is 24.6 Å². The molecule has 1 heterocycles. The van der Waals surface area contributed by atoms with Crippen molar-refractivity contribution in [3.05, 3.63) is 41.7 Å².